The molecule has 1 aliphatic heterocycles. The second-order valence-electron chi connectivity index (χ2n) is 6.07. The molecule has 0 unspecified atom stereocenters. The van der Waals surface area contributed by atoms with E-state index in [0.717, 1.165) is 31.9 Å². The van der Waals surface area contributed by atoms with E-state index in [2.05, 4.69) is 43.1 Å². The van der Waals surface area contributed by atoms with Crippen molar-refractivity contribution in [1.29, 1.82) is 0 Å². The minimum absolute atomic E-state index is 0.00464. The highest BCUT2D eigenvalue weighted by Gasteiger charge is 2.20. The van der Waals surface area contributed by atoms with E-state index in [9.17, 15) is 10.1 Å². The molecule has 0 radical (unpaired) electrons. The van der Waals surface area contributed by atoms with Crippen LogP contribution in [0.15, 0.2) is 34.9 Å². The number of aliphatic imine (C=N–C) groups is 1. The summed E-state index contributed by atoms with van der Waals surface area (Å²) in [5, 5.41) is 24.8. The van der Waals surface area contributed by atoms with E-state index in [1.165, 1.54) is 17.4 Å². The number of guanidine groups is 1. The van der Waals surface area contributed by atoms with Gasteiger partial charge in [0.1, 0.15) is 12.4 Å². The van der Waals surface area contributed by atoms with Crippen LogP contribution in [0.2, 0.25) is 0 Å². The van der Waals surface area contributed by atoms with Crippen molar-refractivity contribution in [3.63, 3.8) is 0 Å². The summed E-state index contributed by atoms with van der Waals surface area (Å²) < 4.78 is 1.55. The molecule has 1 saturated heterocycles. The van der Waals surface area contributed by atoms with Gasteiger partial charge in [-0.3, -0.25) is 19.8 Å². The van der Waals surface area contributed by atoms with Crippen molar-refractivity contribution in [3.05, 3.63) is 40.0 Å². The highest BCUT2D eigenvalue weighted by atomic mass is 32.1. The van der Waals surface area contributed by atoms with Gasteiger partial charge in [0.2, 0.25) is 0 Å². The van der Waals surface area contributed by atoms with Crippen LogP contribution in [0.25, 0.3) is 0 Å². The summed E-state index contributed by atoms with van der Waals surface area (Å²) in [5.41, 5.74) is 0.00464. The molecule has 0 aliphatic carbocycles. The first kappa shape index (κ1) is 18.2. The topological polar surface area (TPSA) is 101 Å². The number of piperidine rings is 1. The van der Waals surface area contributed by atoms with E-state index in [-0.39, 0.29) is 5.69 Å². The third kappa shape index (κ3) is 4.72. The Labute approximate surface area is 155 Å². The van der Waals surface area contributed by atoms with Crippen LogP contribution in [0.1, 0.15) is 12.8 Å². The minimum atomic E-state index is -0.444. The van der Waals surface area contributed by atoms with Crippen LogP contribution in [-0.2, 0) is 6.54 Å². The Morgan fingerprint density at radius 2 is 2.31 bits per heavy atom. The number of rotatable bonds is 6. The standard InChI is InChI=1S/C16H23N7O2S/c1-17-16(18-6-9-22-12-14(11-19-22)23(24)25)20-13-4-7-21(8-5-13)15-3-2-10-26-15/h2-3,10-13H,4-9H2,1H3,(H2,17,18,20). The molecule has 2 aromatic rings. The van der Waals surface area contributed by atoms with E-state index in [1.807, 2.05) is 0 Å². The van der Waals surface area contributed by atoms with Crippen LogP contribution in [-0.4, -0.2) is 53.4 Å². The fourth-order valence-corrected chi connectivity index (χ4v) is 3.73. The molecular weight excluding hydrogens is 354 g/mol. The van der Waals surface area contributed by atoms with Crippen LogP contribution in [0.3, 0.4) is 0 Å². The normalized spacial score (nSPS) is 15.9. The van der Waals surface area contributed by atoms with Gasteiger partial charge in [0.05, 0.1) is 16.5 Å². The third-order valence-corrected chi connectivity index (χ3v) is 5.27. The summed E-state index contributed by atoms with van der Waals surface area (Å²) in [4.78, 5) is 16.9. The number of thiophene rings is 1. The highest BCUT2D eigenvalue weighted by molar-refractivity contribution is 7.14. The predicted octanol–water partition coefficient (Wildman–Crippen LogP) is 1.69. The van der Waals surface area contributed by atoms with E-state index < -0.39 is 4.92 Å². The number of nitro groups is 1. The Balaban J connectivity index is 1.40. The molecule has 0 spiro atoms. The Bertz CT molecular complexity index is 736. The molecule has 9 nitrogen and oxygen atoms in total. The summed E-state index contributed by atoms with van der Waals surface area (Å²) in [6.45, 7) is 3.19. The van der Waals surface area contributed by atoms with E-state index in [4.69, 9.17) is 0 Å². The number of nitrogens with one attached hydrogen (secondary N) is 2. The van der Waals surface area contributed by atoms with Gasteiger partial charge in [-0.1, -0.05) is 0 Å². The van der Waals surface area contributed by atoms with E-state index in [0.29, 0.717) is 19.1 Å². The van der Waals surface area contributed by atoms with Gasteiger partial charge in [-0.25, -0.2) is 0 Å². The lowest BCUT2D eigenvalue weighted by molar-refractivity contribution is -0.385. The molecule has 3 heterocycles. The van der Waals surface area contributed by atoms with Gasteiger partial charge in [-0.2, -0.15) is 5.10 Å². The zero-order chi connectivity index (χ0) is 18.4. The van der Waals surface area contributed by atoms with Gasteiger partial charge in [-0.05, 0) is 30.4 Å². The van der Waals surface area contributed by atoms with Gasteiger partial charge in [0, 0.05) is 32.7 Å². The van der Waals surface area contributed by atoms with Crippen molar-refractivity contribution in [2.75, 3.05) is 31.6 Å². The van der Waals surface area contributed by atoms with Crippen LogP contribution in [0, 0.1) is 10.1 Å². The molecule has 2 aromatic heterocycles. The van der Waals surface area contributed by atoms with Crippen LogP contribution >= 0.6 is 11.3 Å². The van der Waals surface area contributed by atoms with Crippen molar-refractivity contribution >= 4 is 28.0 Å². The molecule has 0 bridgehead atoms. The maximum atomic E-state index is 10.7. The van der Waals surface area contributed by atoms with E-state index in [1.54, 1.807) is 23.1 Å². The smallest absolute Gasteiger partial charge is 0.306 e. The Hall–Kier alpha value is -2.62. The molecule has 0 amide bonds. The van der Waals surface area contributed by atoms with Crippen molar-refractivity contribution in [1.82, 2.24) is 20.4 Å². The third-order valence-electron chi connectivity index (χ3n) is 4.34. The minimum Gasteiger partial charge on any atom is -0.363 e. The Kier molecular flexibility index (Phi) is 6.05. The molecule has 140 valence electrons. The number of hydrogen-bond acceptors (Lipinski definition) is 6. The van der Waals surface area contributed by atoms with Crippen LogP contribution in [0.5, 0.6) is 0 Å². The molecule has 0 saturated carbocycles. The summed E-state index contributed by atoms with van der Waals surface area (Å²) >= 11 is 1.78. The molecule has 0 aromatic carbocycles. The molecule has 0 atom stereocenters. The van der Waals surface area contributed by atoms with Crippen molar-refractivity contribution < 1.29 is 4.92 Å². The summed E-state index contributed by atoms with van der Waals surface area (Å²) in [6, 6.07) is 4.64. The van der Waals surface area contributed by atoms with Gasteiger partial charge in [0.25, 0.3) is 0 Å². The highest BCUT2D eigenvalue weighted by Crippen LogP contribution is 2.24. The molecular formula is C16H23N7O2S. The van der Waals surface area contributed by atoms with Gasteiger partial charge in [0.15, 0.2) is 5.96 Å². The first-order chi connectivity index (χ1) is 12.7. The predicted molar refractivity (Wildman–Crippen MR) is 103 cm³/mol. The van der Waals surface area contributed by atoms with Crippen molar-refractivity contribution in [2.24, 2.45) is 4.99 Å². The van der Waals surface area contributed by atoms with E-state index >= 15 is 0 Å². The van der Waals surface area contributed by atoms with Crippen molar-refractivity contribution in [2.45, 2.75) is 25.4 Å². The maximum Gasteiger partial charge on any atom is 0.306 e. The quantitative estimate of drug-likeness (QED) is 0.344. The monoisotopic (exact) mass is 377 g/mol. The summed E-state index contributed by atoms with van der Waals surface area (Å²) in [7, 11) is 1.74. The number of nitrogens with zero attached hydrogens (tertiary/aromatic N) is 5. The first-order valence-electron chi connectivity index (χ1n) is 8.58. The Morgan fingerprint density at radius 1 is 1.50 bits per heavy atom. The fraction of sp³-hybridized carbons (Fsp3) is 0.500. The molecule has 1 fully saturated rings. The maximum absolute atomic E-state index is 10.7. The van der Waals surface area contributed by atoms with Gasteiger partial charge < -0.3 is 15.5 Å². The first-order valence-corrected chi connectivity index (χ1v) is 9.46. The zero-order valence-electron chi connectivity index (χ0n) is 14.7. The summed E-state index contributed by atoms with van der Waals surface area (Å²) in [6.07, 6.45) is 4.81. The SMILES string of the molecule is CN=C(NCCn1cc([N+](=O)[O-])cn1)NC1CCN(c2cccs2)CC1. The lowest BCUT2D eigenvalue weighted by Gasteiger charge is -2.33. The molecule has 26 heavy (non-hydrogen) atoms. The second-order valence-corrected chi connectivity index (χ2v) is 7.00. The largest absolute Gasteiger partial charge is 0.363 e. The van der Waals surface area contributed by atoms with Gasteiger partial charge >= 0.3 is 5.69 Å². The Morgan fingerprint density at radius 3 is 2.92 bits per heavy atom. The molecule has 1 aliphatic rings. The second kappa shape index (κ2) is 8.65. The average Bonchev–Trinajstić information content (AvgIpc) is 3.33. The van der Waals surface area contributed by atoms with Crippen molar-refractivity contribution in [3.8, 4) is 0 Å². The zero-order valence-corrected chi connectivity index (χ0v) is 15.5. The number of hydrogen-bond donors (Lipinski definition) is 2. The molecule has 10 heteroatoms. The fourth-order valence-electron chi connectivity index (χ4n) is 2.94. The van der Waals surface area contributed by atoms with Crippen LogP contribution in [0.4, 0.5) is 10.7 Å². The summed E-state index contributed by atoms with van der Waals surface area (Å²) in [5.74, 6) is 0.751. The van der Waals surface area contributed by atoms with Crippen LogP contribution < -0.4 is 15.5 Å². The molecule has 2 N–H and O–H groups in total. The number of anilines is 1. The average molecular weight is 377 g/mol. The molecule has 3 rings (SSSR count). The number of aromatic nitrogens is 2. The lowest BCUT2D eigenvalue weighted by Crippen LogP contribution is -2.49. The van der Waals surface area contributed by atoms with Gasteiger partial charge in [-0.15, -0.1) is 11.3 Å². The lowest BCUT2D eigenvalue weighted by atomic mass is 10.1.